The third kappa shape index (κ3) is 66.9. The average molecular weight is 1140 g/mol. The van der Waals surface area contributed by atoms with Gasteiger partial charge in [0.25, 0.3) is 0 Å². The molecule has 0 aromatic rings. The second-order valence-electron chi connectivity index (χ2n) is 20.9. The Morgan fingerprint density at radius 2 is 0.434 bits per heavy atom. The number of rotatable bonds is 57. The molecule has 0 radical (unpaired) electrons. The molecule has 1 atom stereocenters. The lowest BCUT2D eigenvalue weighted by atomic mass is 10.1. The molecule has 0 saturated carbocycles. The lowest BCUT2D eigenvalue weighted by Crippen LogP contribution is -2.30. The summed E-state index contributed by atoms with van der Waals surface area (Å²) >= 11 is 0. The Labute approximate surface area is 509 Å². The van der Waals surface area contributed by atoms with Crippen molar-refractivity contribution in [3.8, 4) is 0 Å². The van der Waals surface area contributed by atoms with Crippen LogP contribution in [0.1, 0.15) is 252 Å². The van der Waals surface area contributed by atoms with Crippen molar-refractivity contribution in [2.24, 2.45) is 0 Å². The summed E-state index contributed by atoms with van der Waals surface area (Å²) < 4.78 is 16.8. The van der Waals surface area contributed by atoms with Crippen molar-refractivity contribution in [3.05, 3.63) is 194 Å². The van der Waals surface area contributed by atoms with Gasteiger partial charge < -0.3 is 14.2 Å². The molecule has 0 aliphatic carbocycles. The summed E-state index contributed by atoms with van der Waals surface area (Å²) in [4.78, 5) is 38.3. The molecule has 0 amide bonds. The van der Waals surface area contributed by atoms with E-state index in [0.717, 1.165) is 186 Å². The van der Waals surface area contributed by atoms with E-state index in [4.69, 9.17) is 14.2 Å². The number of ether oxygens (including phenoxy) is 3. The average Bonchev–Trinajstić information content (AvgIpc) is 3.49. The van der Waals surface area contributed by atoms with Crippen LogP contribution in [0.25, 0.3) is 0 Å². The molecule has 0 rings (SSSR count). The van der Waals surface area contributed by atoms with Gasteiger partial charge in [0, 0.05) is 19.3 Å². The summed E-state index contributed by atoms with van der Waals surface area (Å²) in [5, 5.41) is 0. The first-order valence-corrected chi connectivity index (χ1v) is 32.9. The summed E-state index contributed by atoms with van der Waals surface area (Å²) in [7, 11) is 0. The number of carbonyl (C=O) groups is 3. The van der Waals surface area contributed by atoms with Crippen LogP contribution in [0.2, 0.25) is 0 Å². The minimum Gasteiger partial charge on any atom is -0.462 e. The number of esters is 3. The van der Waals surface area contributed by atoms with Gasteiger partial charge in [0.2, 0.25) is 0 Å². The zero-order valence-electron chi connectivity index (χ0n) is 52.9. The van der Waals surface area contributed by atoms with E-state index in [2.05, 4.69) is 215 Å². The Balaban J connectivity index is 4.36. The van der Waals surface area contributed by atoms with Gasteiger partial charge in [-0.1, -0.05) is 267 Å². The van der Waals surface area contributed by atoms with Crippen molar-refractivity contribution in [1.82, 2.24) is 0 Å². The van der Waals surface area contributed by atoms with E-state index in [0.29, 0.717) is 19.3 Å². The van der Waals surface area contributed by atoms with Crippen LogP contribution in [0.15, 0.2) is 194 Å². The molecule has 0 N–H and O–H groups in total. The van der Waals surface area contributed by atoms with Crippen LogP contribution in [0.4, 0.5) is 0 Å². The standard InChI is InChI=1S/C77H118O6/c1-4-7-10-13-16-19-22-25-28-29-30-31-32-33-34-35-36-37-38-39-40-41-42-43-44-45-46-47-50-52-55-58-61-64-67-70-76(79)82-73-74(83-77(80)71-68-65-62-59-56-53-49-27-24-21-18-15-12-9-6-3)72-81-75(78)69-66-63-60-57-54-51-48-26-23-20-17-14-11-8-5-2/h7-12,16-21,25-28,30-31,33-34,36-37,39-40,42-43,45-46,48-49,56,59,74H,4-6,13-15,22-24,29,32,35,38,41,44,47,50-55,57-58,60-73H2,1-3H3/b10-7-,11-8-,12-9-,19-16-,20-17-,21-18-,28-25-,31-30-,34-33-,37-36-,40-39-,43-42-,46-45-,48-26-,49-27-,59-56-. The fourth-order valence-corrected chi connectivity index (χ4v) is 8.26. The molecule has 0 aromatic heterocycles. The van der Waals surface area contributed by atoms with Crippen LogP contribution < -0.4 is 0 Å². The van der Waals surface area contributed by atoms with Gasteiger partial charge >= 0.3 is 17.9 Å². The number of hydrogen-bond donors (Lipinski definition) is 0. The van der Waals surface area contributed by atoms with Crippen LogP contribution >= 0.6 is 0 Å². The molecule has 6 nitrogen and oxygen atoms in total. The minimum absolute atomic E-state index is 0.116. The fourth-order valence-electron chi connectivity index (χ4n) is 8.26. The maximum absolute atomic E-state index is 12.9. The van der Waals surface area contributed by atoms with Gasteiger partial charge in [-0.3, -0.25) is 14.4 Å². The smallest absolute Gasteiger partial charge is 0.306 e. The maximum atomic E-state index is 12.9. The summed E-state index contributed by atoms with van der Waals surface area (Å²) in [6.07, 6.45) is 104. The second-order valence-corrected chi connectivity index (χ2v) is 20.9. The lowest BCUT2D eigenvalue weighted by molar-refractivity contribution is -0.167. The molecular formula is C77H118O6. The predicted molar refractivity (Wildman–Crippen MR) is 361 cm³/mol. The van der Waals surface area contributed by atoms with E-state index >= 15 is 0 Å². The van der Waals surface area contributed by atoms with Gasteiger partial charge in [0.15, 0.2) is 6.10 Å². The molecule has 83 heavy (non-hydrogen) atoms. The van der Waals surface area contributed by atoms with Crippen molar-refractivity contribution < 1.29 is 28.6 Å². The van der Waals surface area contributed by atoms with Gasteiger partial charge in [-0.15, -0.1) is 0 Å². The molecule has 0 fully saturated rings. The summed E-state index contributed by atoms with van der Waals surface area (Å²) in [5.74, 6) is -0.994. The number of allylic oxidation sites excluding steroid dienone is 32. The van der Waals surface area contributed by atoms with Crippen LogP contribution in [0, 0.1) is 0 Å². The normalized spacial score (nSPS) is 13.4. The molecule has 0 spiro atoms. The number of hydrogen-bond acceptors (Lipinski definition) is 6. The van der Waals surface area contributed by atoms with Crippen LogP contribution in [0.3, 0.4) is 0 Å². The molecule has 0 aromatic carbocycles. The summed E-state index contributed by atoms with van der Waals surface area (Å²) in [6, 6.07) is 0. The van der Waals surface area contributed by atoms with E-state index < -0.39 is 6.10 Å². The highest BCUT2D eigenvalue weighted by molar-refractivity contribution is 5.71. The molecule has 0 saturated heterocycles. The highest BCUT2D eigenvalue weighted by atomic mass is 16.6. The minimum atomic E-state index is -0.824. The molecule has 0 heterocycles. The monoisotopic (exact) mass is 1140 g/mol. The van der Waals surface area contributed by atoms with Crippen molar-refractivity contribution in [2.45, 2.75) is 258 Å². The molecule has 0 aliphatic rings. The molecule has 462 valence electrons. The Hall–Kier alpha value is -5.75. The maximum Gasteiger partial charge on any atom is 0.306 e. The van der Waals surface area contributed by atoms with Crippen LogP contribution in [-0.2, 0) is 28.6 Å². The van der Waals surface area contributed by atoms with Gasteiger partial charge in [-0.25, -0.2) is 0 Å². The van der Waals surface area contributed by atoms with E-state index in [-0.39, 0.29) is 37.5 Å². The van der Waals surface area contributed by atoms with Gasteiger partial charge in [0.1, 0.15) is 13.2 Å². The summed E-state index contributed by atoms with van der Waals surface area (Å²) in [6.45, 7) is 6.22. The van der Waals surface area contributed by atoms with Crippen LogP contribution in [-0.4, -0.2) is 37.2 Å². The molecule has 1 unspecified atom stereocenters. The third-order valence-electron chi connectivity index (χ3n) is 13.1. The third-order valence-corrected chi connectivity index (χ3v) is 13.1. The molecule has 0 aliphatic heterocycles. The summed E-state index contributed by atoms with van der Waals surface area (Å²) in [5.41, 5.74) is 0. The number of unbranched alkanes of at least 4 members (excludes halogenated alkanes) is 14. The van der Waals surface area contributed by atoms with E-state index in [1.54, 1.807) is 0 Å². The predicted octanol–water partition coefficient (Wildman–Crippen LogP) is 23.0. The SMILES string of the molecule is CC/C=C\C/C=C\C/C=C\C/C=C\C/C=C\C/C=C\C/C=C\C/C=C\C/C=C\CCCCCCCCCC(=O)OCC(COC(=O)CCCCCCC/C=C\C/C=C\C/C=C\CC)OC(=O)CCCC/C=C\C/C=C\C/C=C\C/C=C\CC. The Bertz CT molecular complexity index is 1990. The van der Waals surface area contributed by atoms with E-state index in [1.807, 2.05) is 0 Å². The largest absolute Gasteiger partial charge is 0.462 e. The van der Waals surface area contributed by atoms with E-state index in [1.165, 1.54) is 19.3 Å². The highest BCUT2D eigenvalue weighted by Crippen LogP contribution is 2.13. The topological polar surface area (TPSA) is 78.9 Å². The van der Waals surface area contributed by atoms with Crippen LogP contribution in [0.5, 0.6) is 0 Å². The molecule has 6 heteroatoms. The van der Waals surface area contributed by atoms with E-state index in [9.17, 15) is 14.4 Å². The van der Waals surface area contributed by atoms with Crippen molar-refractivity contribution in [1.29, 1.82) is 0 Å². The van der Waals surface area contributed by atoms with Gasteiger partial charge in [-0.05, 0) is 161 Å². The first-order chi connectivity index (χ1) is 41.0. The Morgan fingerprint density at radius 3 is 0.699 bits per heavy atom. The van der Waals surface area contributed by atoms with Crippen molar-refractivity contribution in [3.63, 3.8) is 0 Å². The number of carbonyl (C=O) groups excluding carboxylic acids is 3. The highest BCUT2D eigenvalue weighted by Gasteiger charge is 2.19. The van der Waals surface area contributed by atoms with Crippen molar-refractivity contribution >= 4 is 17.9 Å². The molecular weight excluding hydrogens is 1020 g/mol. The fraction of sp³-hybridized carbons (Fsp3) is 0.545. The lowest BCUT2D eigenvalue weighted by Gasteiger charge is -2.18. The van der Waals surface area contributed by atoms with Gasteiger partial charge in [-0.2, -0.15) is 0 Å². The molecule has 0 bridgehead atoms. The first-order valence-electron chi connectivity index (χ1n) is 32.9. The van der Waals surface area contributed by atoms with Crippen molar-refractivity contribution in [2.75, 3.05) is 13.2 Å². The Kier molecular flexibility index (Phi) is 64.0. The zero-order chi connectivity index (χ0) is 59.9. The zero-order valence-corrected chi connectivity index (χ0v) is 52.9. The first kappa shape index (κ1) is 77.2. The quantitative estimate of drug-likeness (QED) is 0.0261. The van der Waals surface area contributed by atoms with Gasteiger partial charge in [0.05, 0.1) is 0 Å². The second kappa shape index (κ2) is 68.7. The Morgan fingerprint density at radius 1 is 0.241 bits per heavy atom.